The highest BCUT2D eigenvalue weighted by Gasteiger charge is 2.44. The molecule has 1 nitrogen and oxygen atoms in total. The van der Waals surface area contributed by atoms with E-state index >= 15 is 0 Å². The zero-order chi connectivity index (χ0) is 27.7. The second-order valence-electron chi connectivity index (χ2n) is 11.3. The van der Waals surface area contributed by atoms with Crippen LogP contribution < -0.4 is 0 Å². The van der Waals surface area contributed by atoms with E-state index in [4.69, 9.17) is 0 Å². The predicted octanol–water partition coefficient (Wildman–Crippen LogP) is 10.3. The van der Waals surface area contributed by atoms with Crippen LogP contribution in [0.5, 0.6) is 0 Å². The van der Waals surface area contributed by atoms with Crippen LogP contribution in [0.1, 0.15) is 22.3 Å². The first kappa shape index (κ1) is 23.3. The van der Waals surface area contributed by atoms with Crippen LogP contribution in [0.15, 0.2) is 164 Å². The van der Waals surface area contributed by atoms with Gasteiger partial charge in [0.25, 0.3) is 0 Å². The predicted molar refractivity (Wildman–Crippen MR) is 176 cm³/mol. The van der Waals surface area contributed by atoms with Crippen LogP contribution in [-0.4, -0.2) is 4.57 Å². The lowest BCUT2D eigenvalue weighted by molar-refractivity contribution is 0.749. The fourth-order valence-electron chi connectivity index (χ4n) is 7.62. The van der Waals surface area contributed by atoms with Crippen molar-refractivity contribution in [2.45, 2.75) is 5.41 Å². The van der Waals surface area contributed by atoms with Crippen molar-refractivity contribution < 1.29 is 0 Å². The molecule has 7 aromatic carbocycles. The molecule has 9 rings (SSSR count). The molecule has 0 bridgehead atoms. The summed E-state index contributed by atoms with van der Waals surface area (Å²) in [5.41, 5.74) is 10.9. The third-order valence-corrected chi connectivity index (χ3v) is 9.25. The molecular weight excluding hydrogens is 506 g/mol. The van der Waals surface area contributed by atoms with E-state index in [2.05, 4.69) is 168 Å². The van der Waals surface area contributed by atoms with Crippen LogP contribution in [0.4, 0.5) is 0 Å². The molecule has 0 saturated heterocycles. The third-order valence-electron chi connectivity index (χ3n) is 9.25. The van der Waals surface area contributed by atoms with Crippen molar-refractivity contribution in [3.05, 3.63) is 186 Å². The fourth-order valence-corrected chi connectivity index (χ4v) is 7.62. The monoisotopic (exact) mass is 533 g/mol. The number of nitrogens with zero attached hydrogens (tertiary/aromatic N) is 1. The molecule has 196 valence electrons. The lowest BCUT2D eigenvalue weighted by Crippen LogP contribution is -2.34. The number of aromatic nitrogens is 1. The van der Waals surface area contributed by atoms with Gasteiger partial charge in [0.1, 0.15) is 0 Å². The van der Waals surface area contributed by atoms with Gasteiger partial charge in [0.05, 0.1) is 16.4 Å². The van der Waals surface area contributed by atoms with Crippen molar-refractivity contribution in [3.63, 3.8) is 0 Å². The Balaban J connectivity index is 1.44. The summed E-state index contributed by atoms with van der Waals surface area (Å²) in [7, 11) is 0. The van der Waals surface area contributed by atoms with Crippen LogP contribution >= 0.6 is 0 Å². The highest BCUT2D eigenvalue weighted by Crippen LogP contribution is 2.55. The highest BCUT2D eigenvalue weighted by molar-refractivity contribution is 6.09. The van der Waals surface area contributed by atoms with E-state index in [9.17, 15) is 0 Å². The van der Waals surface area contributed by atoms with Gasteiger partial charge in [-0.25, -0.2) is 0 Å². The number of fused-ring (bicyclic) bond motifs is 5. The summed E-state index contributed by atoms with van der Waals surface area (Å²) in [5, 5.41) is 5.17. The standard InChI is InChI=1S/C41H27N/c1-2-15-29(16-3-1)41(36-23-7-4-19-32(36)35-22-10-13-28-14-11-24-37(41)40(28)35)30-17-12-18-31(27-30)42-38-25-8-5-20-33(38)34-21-6-9-26-39(34)42/h1-27H. The van der Waals surface area contributed by atoms with Crippen molar-refractivity contribution >= 4 is 32.6 Å². The Morgan fingerprint density at radius 3 is 1.76 bits per heavy atom. The van der Waals surface area contributed by atoms with Gasteiger partial charge < -0.3 is 4.57 Å². The molecule has 1 aromatic heterocycles. The van der Waals surface area contributed by atoms with E-state index in [1.54, 1.807) is 0 Å². The molecule has 0 spiro atoms. The molecule has 0 radical (unpaired) electrons. The fraction of sp³-hybridized carbons (Fsp3) is 0.0244. The maximum Gasteiger partial charge on any atom is 0.0714 e. The SMILES string of the molecule is c1ccc(C2(c3cccc(-n4c5ccccc5c5ccccc54)c3)c3ccccc3-c3cccc4cccc2c34)cc1. The van der Waals surface area contributed by atoms with Gasteiger partial charge in [0.2, 0.25) is 0 Å². The Kier molecular flexibility index (Phi) is 4.88. The van der Waals surface area contributed by atoms with Crippen molar-refractivity contribution in [3.8, 4) is 16.8 Å². The van der Waals surface area contributed by atoms with E-state index in [1.165, 1.54) is 71.6 Å². The largest absolute Gasteiger partial charge is 0.309 e. The van der Waals surface area contributed by atoms with E-state index in [0.717, 1.165) is 0 Å². The first-order valence-electron chi connectivity index (χ1n) is 14.6. The Labute approximate surface area is 244 Å². The maximum atomic E-state index is 2.43. The van der Waals surface area contributed by atoms with Crippen LogP contribution in [-0.2, 0) is 5.41 Å². The number of benzene rings is 7. The molecule has 0 N–H and O–H groups in total. The van der Waals surface area contributed by atoms with E-state index < -0.39 is 5.41 Å². The topological polar surface area (TPSA) is 4.93 Å². The molecule has 1 heteroatoms. The Bertz CT molecular complexity index is 2250. The second kappa shape index (κ2) is 8.80. The summed E-state index contributed by atoms with van der Waals surface area (Å²) >= 11 is 0. The number of rotatable bonds is 3. The van der Waals surface area contributed by atoms with Crippen LogP contribution in [0.25, 0.3) is 49.4 Å². The first-order chi connectivity index (χ1) is 20.9. The summed E-state index contributed by atoms with van der Waals surface area (Å²) < 4.78 is 2.43. The maximum absolute atomic E-state index is 2.43. The molecule has 0 fully saturated rings. The summed E-state index contributed by atoms with van der Waals surface area (Å²) in [5.74, 6) is 0. The van der Waals surface area contributed by atoms with Gasteiger partial charge in [-0.15, -0.1) is 0 Å². The smallest absolute Gasteiger partial charge is 0.0714 e. The molecule has 42 heavy (non-hydrogen) atoms. The van der Waals surface area contributed by atoms with Crippen molar-refractivity contribution in [1.82, 2.24) is 4.57 Å². The lowest BCUT2D eigenvalue weighted by Gasteiger charge is -2.42. The number of para-hydroxylation sites is 2. The zero-order valence-electron chi connectivity index (χ0n) is 23.0. The Morgan fingerprint density at radius 1 is 0.405 bits per heavy atom. The van der Waals surface area contributed by atoms with Crippen LogP contribution in [0.3, 0.4) is 0 Å². The number of hydrogen-bond acceptors (Lipinski definition) is 0. The normalized spacial score (nSPS) is 15.7. The molecular formula is C41H27N. The third kappa shape index (κ3) is 3.03. The molecule has 0 saturated carbocycles. The number of hydrogen-bond donors (Lipinski definition) is 0. The quantitative estimate of drug-likeness (QED) is 0.213. The summed E-state index contributed by atoms with van der Waals surface area (Å²) in [6, 6.07) is 60.4. The van der Waals surface area contributed by atoms with Gasteiger partial charge in [-0.2, -0.15) is 0 Å². The molecule has 0 aliphatic heterocycles. The van der Waals surface area contributed by atoms with Crippen LogP contribution in [0, 0.1) is 0 Å². The first-order valence-corrected chi connectivity index (χ1v) is 14.6. The molecule has 8 aromatic rings. The highest BCUT2D eigenvalue weighted by atomic mass is 15.0. The molecule has 1 aliphatic rings. The molecule has 0 amide bonds. The molecule has 1 atom stereocenters. The second-order valence-corrected chi connectivity index (χ2v) is 11.3. The molecule has 1 heterocycles. The van der Waals surface area contributed by atoms with Gasteiger partial charge in [-0.3, -0.25) is 0 Å². The van der Waals surface area contributed by atoms with Gasteiger partial charge in [-0.1, -0.05) is 140 Å². The Morgan fingerprint density at radius 2 is 0.976 bits per heavy atom. The van der Waals surface area contributed by atoms with E-state index in [1.807, 2.05) is 0 Å². The molecule has 1 unspecified atom stereocenters. The Hall–Kier alpha value is -5.40. The summed E-state index contributed by atoms with van der Waals surface area (Å²) in [4.78, 5) is 0. The zero-order valence-corrected chi connectivity index (χ0v) is 23.0. The van der Waals surface area contributed by atoms with Crippen molar-refractivity contribution in [2.24, 2.45) is 0 Å². The molecule has 1 aliphatic carbocycles. The van der Waals surface area contributed by atoms with Gasteiger partial charge >= 0.3 is 0 Å². The minimum atomic E-state index is -0.486. The van der Waals surface area contributed by atoms with Crippen molar-refractivity contribution in [2.75, 3.05) is 0 Å². The summed E-state index contributed by atoms with van der Waals surface area (Å²) in [6.07, 6.45) is 0. The van der Waals surface area contributed by atoms with Crippen LogP contribution in [0.2, 0.25) is 0 Å². The summed E-state index contributed by atoms with van der Waals surface area (Å²) in [6.45, 7) is 0. The van der Waals surface area contributed by atoms with Gasteiger partial charge in [0, 0.05) is 16.5 Å². The lowest BCUT2D eigenvalue weighted by atomic mass is 9.59. The average molecular weight is 534 g/mol. The van der Waals surface area contributed by atoms with Gasteiger partial charge in [-0.05, 0) is 68.4 Å². The van der Waals surface area contributed by atoms with Gasteiger partial charge in [0.15, 0.2) is 0 Å². The van der Waals surface area contributed by atoms with Crippen molar-refractivity contribution in [1.29, 1.82) is 0 Å². The minimum Gasteiger partial charge on any atom is -0.309 e. The minimum absolute atomic E-state index is 0.486. The average Bonchev–Trinajstić information content (AvgIpc) is 3.40. The van der Waals surface area contributed by atoms with E-state index in [-0.39, 0.29) is 0 Å². The van der Waals surface area contributed by atoms with E-state index in [0.29, 0.717) is 0 Å².